The highest BCUT2D eigenvalue weighted by Gasteiger charge is 2.43. The zero-order chi connectivity index (χ0) is 17.1. The van der Waals surface area contributed by atoms with Gasteiger partial charge in [0.15, 0.2) is 5.69 Å². The van der Waals surface area contributed by atoms with E-state index in [4.69, 9.17) is 9.84 Å². The molecule has 2 atom stereocenters. The molecule has 0 radical (unpaired) electrons. The summed E-state index contributed by atoms with van der Waals surface area (Å²) >= 11 is 10.8. The van der Waals surface area contributed by atoms with Gasteiger partial charge in [-0.15, -0.1) is 0 Å². The third kappa shape index (κ3) is 2.55. The summed E-state index contributed by atoms with van der Waals surface area (Å²) in [5, 5.41) is 4.79. The number of aromatic nitrogens is 3. The van der Waals surface area contributed by atoms with Crippen LogP contribution in [0, 0.1) is 0 Å². The molecule has 25 heavy (non-hydrogen) atoms. The Morgan fingerprint density at radius 1 is 1.12 bits per heavy atom. The number of nitrogens with zero attached hydrogens (tertiary/aromatic N) is 3. The molecule has 0 bridgehead atoms. The fraction of sp³-hybridized carbons (Fsp3) is 0.222. The van der Waals surface area contributed by atoms with E-state index in [0.29, 0.717) is 6.61 Å². The normalized spacial score (nSPS) is 20.9. The third-order valence-corrected chi connectivity index (χ3v) is 6.51. The zero-order valence-corrected chi connectivity index (χ0v) is 17.8. The van der Waals surface area contributed by atoms with Crippen molar-refractivity contribution in [2.45, 2.75) is 25.2 Å². The van der Waals surface area contributed by atoms with E-state index < -0.39 is 0 Å². The van der Waals surface area contributed by atoms with E-state index in [-0.39, 0.29) is 12.1 Å². The van der Waals surface area contributed by atoms with Crippen LogP contribution < -0.4 is 4.57 Å². The lowest BCUT2D eigenvalue weighted by Crippen LogP contribution is -2.51. The molecule has 0 amide bonds. The number of hydrogen-bond acceptors (Lipinski definition) is 2. The van der Waals surface area contributed by atoms with Gasteiger partial charge in [0.25, 0.3) is 0 Å². The van der Waals surface area contributed by atoms with Gasteiger partial charge in [0, 0.05) is 16.0 Å². The Hall–Kier alpha value is -1.02. The molecule has 5 rings (SSSR count). The average Bonchev–Trinajstić information content (AvgIpc) is 3.13. The van der Waals surface area contributed by atoms with Crippen molar-refractivity contribution >= 4 is 47.8 Å². The first-order valence-electron chi connectivity index (χ1n) is 7.96. The van der Waals surface area contributed by atoms with Crippen LogP contribution in [0.3, 0.4) is 0 Å². The molecule has 0 saturated carbocycles. The summed E-state index contributed by atoms with van der Waals surface area (Å²) in [6, 6.07) is 12.8. The molecule has 2 aliphatic rings. The van der Waals surface area contributed by atoms with Crippen molar-refractivity contribution < 1.29 is 9.30 Å². The van der Waals surface area contributed by atoms with Gasteiger partial charge in [-0.05, 0) is 55.1 Å². The lowest BCUT2D eigenvalue weighted by atomic mass is 10.1. The molecule has 3 aromatic rings. The first kappa shape index (κ1) is 16.2. The number of fused-ring (bicyclic) bond motifs is 5. The maximum Gasteiger partial charge on any atom is 0.304 e. The lowest BCUT2D eigenvalue weighted by Gasteiger charge is -2.23. The number of ether oxygens (including phenoxy) is 1. The van der Waals surface area contributed by atoms with Gasteiger partial charge in [0.2, 0.25) is 6.33 Å². The molecule has 1 aliphatic heterocycles. The summed E-state index contributed by atoms with van der Waals surface area (Å²) < 4.78 is 13.2. The van der Waals surface area contributed by atoms with Crippen molar-refractivity contribution in [3.8, 4) is 5.69 Å². The fourth-order valence-corrected chi connectivity index (χ4v) is 6.40. The van der Waals surface area contributed by atoms with E-state index in [1.165, 1.54) is 11.1 Å². The van der Waals surface area contributed by atoms with Crippen LogP contribution in [-0.4, -0.2) is 15.9 Å². The zero-order valence-electron chi connectivity index (χ0n) is 13.0. The first-order chi connectivity index (χ1) is 12.1. The molecule has 2 heterocycles. The van der Waals surface area contributed by atoms with Crippen LogP contribution in [0.1, 0.15) is 23.0 Å². The van der Waals surface area contributed by atoms with Gasteiger partial charge >= 0.3 is 5.82 Å². The van der Waals surface area contributed by atoms with E-state index in [0.717, 1.165) is 31.4 Å². The molecule has 0 spiro atoms. The van der Waals surface area contributed by atoms with Gasteiger partial charge in [-0.25, -0.2) is 4.57 Å². The predicted molar refractivity (Wildman–Crippen MR) is 104 cm³/mol. The second-order valence-corrected chi connectivity index (χ2v) is 8.92. The van der Waals surface area contributed by atoms with Gasteiger partial charge in [0.1, 0.15) is 18.8 Å². The number of benzene rings is 2. The highest BCUT2D eigenvalue weighted by Crippen LogP contribution is 2.37. The van der Waals surface area contributed by atoms with Gasteiger partial charge in [-0.3, -0.25) is 0 Å². The SMILES string of the molecule is Brc1cc(Br)c(-n2c[n+]3c(n2)CO[C@H]2Cc4ccccc4C23)c(Br)c1. The van der Waals surface area contributed by atoms with Crippen LogP contribution in [0.15, 0.2) is 56.1 Å². The summed E-state index contributed by atoms with van der Waals surface area (Å²) in [4.78, 5) is 0. The highest BCUT2D eigenvalue weighted by atomic mass is 79.9. The minimum atomic E-state index is 0.185. The van der Waals surface area contributed by atoms with Crippen LogP contribution in [0.4, 0.5) is 0 Å². The Morgan fingerprint density at radius 2 is 1.88 bits per heavy atom. The Labute approximate surface area is 170 Å². The largest absolute Gasteiger partial charge is 0.363 e. The Balaban J connectivity index is 1.65. The molecule has 1 unspecified atom stereocenters. The van der Waals surface area contributed by atoms with E-state index in [1.54, 1.807) is 0 Å². The Morgan fingerprint density at radius 3 is 2.68 bits per heavy atom. The molecule has 4 nitrogen and oxygen atoms in total. The van der Waals surface area contributed by atoms with Gasteiger partial charge in [-0.2, -0.15) is 0 Å². The van der Waals surface area contributed by atoms with E-state index >= 15 is 0 Å². The predicted octanol–water partition coefficient (Wildman–Crippen LogP) is 4.49. The van der Waals surface area contributed by atoms with Crippen molar-refractivity contribution in [1.82, 2.24) is 9.78 Å². The summed E-state index contributed by atoms with van der Waals surface area (Å²) in [6.45, 7) is 0.536. The minimum absolute atomic E-state index is 0.185. The van der Waals surface area contributed by atoms with Crippen LogP contribution in [0.2, 0.25) is 0 Å². The van der Waals surface area contributed by atoms with Crippen LogP contribution >= 0.6 is 47.8 Å². The maximum atomic E-state index is 6.11. The molecular formula is C18H13Br3N3O+. The maximum absolute atomic E-state index is 6.11. The summed E-state index contributed by atoms with van der Waals surface area (Å²) in [7, 11) is 0. The van der Waals surface area contributed by atoms with E-state index in [2.05, 4.69) is 82.9 Å². The number of halogens is 3. The number of hydrogen-bond donors (Lipinski definition) is 0. The molecule has 126 valence electrons. The molecular weight excluding hydrogens is 514 g/mol. The quantitative estimate of drug-likeness (QED) is 0.437. The molecule has 0 fully saturated rings. The average molecular weight is 527 g/mol. The van der Waals surface area contributed by atoms with Crippen LogP contribution in [0.25, 0.3) is 5.69 Å². The molecule has 1 aromatic heterocycles. The Kier molecular flexibility index (Phi) is 3.89. The van der Waals surface area contributed by atoms with Crippen LogP contribution in [-0.2, 0) is 17.8 Å². The van der Waals surface area contributed by atoms with Gasteiger partial charge in [-0.1, -0.05) is 44.9 Å². The van der Waals surface area contributed by atoms with Crippen molar-refractivity contribution in [1.29, 1.82) is 0 Å². The van der Waals surface area contributed by atoms with Crippen LogP contribution in [0.5, 0.6) is 0 Å². The third-order valence-electron chi connectivity index (χ3n) is 4.84. The topological polar surface area (TPSA) is 30.9 Å². The van der Waals surface area contributed by atoms with E-state index in [1.807, 2.05) is 16.8 Å². The Bertz CT molecular complexity index is 978. The highest BCUT2D eigenvalue weighted by molar-refractivity contribution is 9.11. The van der Waals surface area contributed by atoms with E-state index in [9.17, 15) is 0 Å². The summed E-state index contributed by atoms with van der Waals surface area (Å²) in [5.74, 6) is 0.944. The lowest BCUT2D eigenvalue weighted by molar-refractivity contribution is -0.739. The van der Waals surface area contributed by atoms with Gasteiger partial charge in [0.05, 0.1) is 8.95 Å². The smallest absolute Gasteiger partial charge is 0.304 e. The standard InChI is InChI=1S/C18H13Br3N3O/c19-11-6-13(20)18(14(21)7-11)24-9-23-16(22-24)8-25-15-5-10-3-1-2-4-12(10)17(15)23/h1-4,6-7,9,15,17H,5,8H2/q+1/t15-,17?/m0/s1. The monoisotopic (exact) mass is 524 g/mol. The van der Waals surface area contributed by atoms with Crippen molar-refractivity contribution in [2.24, 2.45) is 0 Å². The molecule has 7 heteroatoms. The molecule has 2 aromatic carbocycles. The minimum Gasteiger partial charge on any atom is -0.363 e. The van der Waals surface area contributed by atoms with Crippen molar-refractivity contribution in [3.63, 3.8) is 0 Å². The fourth-order valence-electron chi connectivity index (χ4n) is 3.78. The molecule has 1 aliphatic carbocycles. The number of rotatable bonds is 1. The second kappa shape index (κ2) is 6.01. The van der Waals surface area contributed by atoms with Crippen molar-refractivity contribution in [3.05, 3.63) is 73.1 Å². The summed E-state index contributed by atoms with van der Waals surface area (Å²) in [6.07, 6.45) is 3.23. The first-order valence-corrected chi connectivity index (χ1v) is 10.3. The second-order valence-electron chi connectivity index (χ2n) is 6.30. The summed E-state index contributed by atoms with van der Waals surface area (Å²) in [5.41, 5.74) is 3.69. The van der Waals surface area contributed by atoms with Crippen molar-refractivity contribution in [2.75, 3.05) is 0 Å². The molecule has 0 N–H and O–H groups in total. The molecule has 0 saturated heterocycles. The van der Waals surface area contributed by atoms with Gasteiger partial charge < -0.3 is 4.74 Å².